The molecule has 3 rings (SSSR count). The van der Waals surface area contributed by atoms with Gasteiger partial charge < -0.3 is 9.47 Å². The molecule has 0 aromatic heterocycles. The standard InChI is InChI=1S/C24H24N2O8/c1-3-33-23(29)19(24(30)34-4-2)11-10-16-13-15(9-12-20(16)26(31)32)14-25-21(27)17-7-5-6-8-18(17)22(25)28/h5-9,12-13,19H,3-4,10-11,14H2,1-2H3. The number of fused-ring (bicyclic) bond motifs is 1. The lowest BCUT2D eigenvalue weighted by atomic mass is 9.97. The normalized spacial score (nSPS) is 12.6. The van der Waals surface area contributed by atoms with E-state index in [4.69, 9.17) is 9.47 Å². The predicted molar refractivity (Wildman–Crippen MR) is 119 cm³/mol. The lowest BCUT2D eigenvalue weighted by Gasteiger charge is -2.16. The van der Waals surface area contributed by atoms with E-state index in [1.165, 1.54) is 18.2 Å². The van der Waals surface area contributed by atoms with E-state index in [0.717, 1.165) is 4.90 Å². The minimum atomic E-state index is -1.22. The van der Waals surface area contributed by atoms with Crippen molar-refractivity contribution in [3.63, 3.8) is 0 Å². The summed E-state index contributed by atoms with van der Waals surface area (Å²) in [5, 5.41) is 11.6. The summed E-state index contributed by atoms with van der Waals surface area (Å²) < 4.78 is 9.90. The summed E-state index contributed by atoms with van der Waals surface area (Å²) in [4.78, 5) is 61.8. The van der Waals surface area contributed by atoms with Crippen LogP contribution >= 0.6 is 0 Å². The van der Waals surface area contributed by atoms with Crippen LogP contribution in [-0.4, -0.2) is 46.8 Å². The number of hydrogen-bond donors (Lipinski definition) is 0. The van der Waals surface area contributed by atoms with Gasteiger partial charge in [0, 0.05) is 11.6 Å². The van der Waals surface area contributed by atoms with Crippen LogP contribution in [0, 0.1) is 16.0 Å². The molecule has 1 heterocycles. The van der Waals surface area contributed by atoms with E-state index in [1.54, 1.807) is 38.1 Å². The average molecular weight is 468 g/mol. The smallest absolute Gasteiger partial charge is 0.320 e. The van der Waals surface area contributed by atoms with E-state index in [-0.39, 0.29) is 43.9 Å². The van der Waals surface area contributed by atoms with Gasteiger partial charge in [0.1, 0.15) is 0 Å². The third-order valence-electron chi connectivity index (χ3n) is 5.40. The van der Waals surface area contributed by atoms with E-state index in [2.05, 4.69) is 0 Å². The second-order valence-corrected chi connectivity index (χ2v) is 7.56. The van der Waals surface area contributed by atoms with Gasteiger partial charge in [0.2, 0.25) is 0 Å². The number of amides is 2. The van der Waals surface area contributed by atoms with Gasteiger partial charge in [-0.3, -0.25) is 34.2 Å². The number of nitro benzene ring substituents is 1. The monoisotopic (exact) mass is 468 g/mol. The number of aryl methyl sites for hydroxylation is 1. The topological polar surface area (TPSA) is 133 Å². The van der Waals surface area contributed by atoms with Crippen LogP contribution in [0.15, 0.2) is 42.5 Å². The largest absolute Gasteiger partial charge is 0.465 e. The predicted octanol–water partition coefficient (Wildman–Crippen LogP) is 3.07. The fraction of sp³-hybridized carbons (Fsp3) is 0.333. The molecule has 2 amide bonds. The summed E-state index contributed by atoms with van der Waals surface area (Å²) >= 11 is 0. The molecule has 1 aliphatic heterocycles. The average Bonchev–Trinajstić information content (AvgIpc) is 3.04. The molecule has 1 aliphatic rings. The molecule has 0 fully saturated rings. The van der Waals surface area contributed by atoms with E-state index < -0.39 is 34.6 Å². The van der Waals surface area contributed by atoms with Crippen molar-refractivity contribution in [1.82, 2.24) is 4.90 Å². The maximum absolute atomic E-state index is 12.7. The molecular formula is C24H24N2O8. The maximum Gasteiger partial charge on any atom is 0.320 e. The number of carbonyl (C=O) groups excluding carboxylic acids is 4. The van der Waals surface area contributed by atoms with Gasteiger partial charge in [0.15, 0.2) is 5.92 Å². The molecule has 2 aromatic rings. The summed E-state index contributed by atoms with van der Waals surface area (Å²) in [5.74, 6) is -3.62. The van der Waals surface area contributed by atoms with Crippen molar-refractivity contribution in [1.29, 1.82) is 0 Å². The Bertz CT molecular complexity index is 1090. The lowest BCUT2D eigenvalue weighted by molar-refractivity contribution is -0.385. The first-order valence-corrected chi connectivity index (χ1v) is 10.8. The van der Waals surface area contributed by atoms with Crippen molar-refractivity contribution in [2.45, 2.75) is 33.2 Å². The number of imide groups is 1. The third kappa shape index (κ3) is 5.11. The van der Waals surface area contributed by atoms with Gasteiger partial charge in [-0.05, 0) is 50.5 Å². The first kappa shape index (κ1) is 24.6. The first-order chi connectivity index (χ1) is 16.3. The van der Waals surface area contributed by atoms with Crippen molar-refractivity contribution < 1.29 is 33.6 Å². The molecule has 0 radical (unpaired) electrons. The number of nitrogens with zero attached hydrogens (tertiary/aromatic N) is 2. The van der Waals surface area contributed by atoms with Crippen LogP contribution in [0.2, 0.25) is 0 Å². The molecule has 10 nitrogen and oxygen atoms in total. The zero-order valence-electron chi connectivity index (χ0n) is 18.8. The van der Waals surface area contributed by atoms with Crippen molar-refractivity contribution in [3.05, 3.63) is 74.8 Å². The molecule has 10 heteroatoms. The molecule has 0 bridgehead atoms. The second kappa shape index (κ2) is 10.7. The van der Waals surface area contributed by atoms with E-state index >= 15 is 0 Å². The van der Waals surface area contributed by atoms with Gasteiger partial charge in [-0.1, -0.05) is 18.2 Å². The Hall–Kier alpha value is -4.08. The Kier molecular flexibility index (Phi) is 7.72. The Morgan fingerprint density at radius 2 is 1.53 bits per heavy atom. The van der Waals surface area contributed by atoms with E-state index in [0.29, 0.717) is 16.7 Å². The van der Waals surface area contributed by atoms with Crippen LogP contribution in [0.3, 0.4) is 0 Å². The number of ether oxygens (including phenoxy) is 2. The van der Waals surface area contributed by atoms with Crippen LogP contribution in [-0.2, 0) is 32.0 Å². The summed E-state index contributed by atoms with van der Waals surface area (Å²) in [6.45, 7) is 3.28. The molecule has 0 unspecified atom stereocenters. The zero-order chi connectivity index (χ0) is 24.8. The highest BCUT2D eigenvalue weighted by molar-refractivity contribution is 6.21. The number of carbonyl (C=O) groups is 4. The summed E-state index contributed by atoms with van der Waals surface area (Å²) in [6, 6.07) is 10.7. The van der Waals surface area contributed by atoms with Gasteiger partial charge in [-0.25, -0.2) is 0 Å². The van der Waals surface area contributed by atoms with Crippen LogP contribution in [0.4, 0.5) is 5.69 Å². The van der Waals surface area contributed by atoms with Crippen molar-refractivity contribution in [3.8, 4) is 0 Å². The van der Waals surface area contributed by atoms with Crippen LogP contribution < -0.4 is 0 Å². The van der Waals surface area contributed by atoms with Crippen LogP contribution in [0.25, 0.3) is 0 Å². The fourth-order valence-electron chi connectivity index (χ4n) is 3.80. The van der Waals surface area contributed by atoms with Gasteiger partial charge in [0.25, 0.3) is 17.5 Å². The van der Waals surface area contributed by atoms with Crippen molar-refractivity contribution >= 4 is 29.4 Å². The molecule has 0 saturated carbocycles. The number of benzene rings is 2. The number of rotatable bonds is 10. The molecule has 0 saturated heterocycles. The van der Waals surface area contributed by atoms with Gasteiger partial charge in [0.05, 0.1) is 35.8 Å². The summed E-state index contributed by atoms with van der Waals surface area (Å²) in [7, 11) is 0. The molecule has 34 heavy (non-hydrogen) atoms. The van der Waals surface area contributed by atoms with E-state index in [1.807, 2.05) is 0 Å². The molecule has 2 aromatic carbocycles. The van der Waals surface area contributed by atoms with Gasteiger partial charge in [-0.2, -0.15) is 0 Å². The molecule has 0 N–H and O–H groups in total. The lowest BCUT2D eigenvalue weighted by Crippen LogP contribution is -2.29. The Labute approximate surface area is 195 Å². The van der Waals surface area contributed by atoms with Gasteiger partial charge in [-0.15, -0.1) is 0 Å². The van der Waals surface area contributed by atoms with Crippen LogP contribution in [0.5, 0.6) is 0 Å². The Balaban J connectivity index is 1.83. The fourth-order valence-corrected chi connectivity index (χ4v) is 3.80. The first-order valence-electron chi connectivity index (χ1n) is 10.8. The molecule has 0 atom stereocenters. The zero-order valence-corrected chi connectivity index (χ0v) is 18.8. The number of hydrogen-bond acceptors (Lipinski definition) is 8. The number of nitro groups is 1. The maximum atomic E-state index is 12.7. The SMILES string of the molecule is CCOC(=O)C(CCc1cc(CN2C(=O)c3ccccc3C2=O)ccc1[N+](=O)[O-])C(=O)OCC. The molecule has 0 aliphatic carbocycles. The van der Waals surface area contributed by atoms with Crippen molar-refractivity contribution in [2.24, 2.45) is 5.92 Å². The quantitative estimate of drug-likeness (QED) is 0.171. The highest BCUT2D eigenvalue weighted by atomic mass is 16.6. The molecular weight excluding hydrogens is 444 g/mol. The summed E-state index contributed by atoms with van der Waals surface area (Å²) in [5.41, 5.74) is 1.18. The highest BCUT2D eigenvalue weighted by Gasteiger charge is 2.35. The van der Waals surface area contributed by atoms with Gasteiger partial charge >= 0.3 is 11.9 Å². The number of esters is 2. The third-order valence-corrected chi connectivity index (χ3v) is 5.40. The summed E-state index contributed by atoms with van der Waals surface area (Å²) in [6.07, 6.45) is -0.0520. The molecule has 0 spiro atoms. The Morgan fingerprint density at radius 1 is 0.971 bits per heavy atom. The van der Waals surface area contributed by atoms with E-state index in [9.17, 15) is 29.3 Å². The van der Waals surface area contributed by atoms with Crippen molar-refractivity contribution in [2.75, 3.05) is 13.2 Å². The second-order valence-electron chi connectivity index (χ2n) is 7.56. The minimum absolute atomic E-state index is 0.00850. The Morgan fingerprint density at radius 3 is 2.03 bits per heavy atom. The van der Waals surface area contributed by atoms with Crippen LogP contribution in [0.1, 0.15) is 52.1 Å². The minimum Gasteiger partial charge on any atom is -0.465 e. The molecule has 178 valence electrons. The highest BCUT2D eigenvalue weighted by Crippen LogP contribution is 2.28.